The van der Waals surface area contributed by atoms with Gasteiger partial charge in [0, 0.05) is 55.6 Å². The summed E-state index contributed by atoms with van der Waals surface area (Å²) in [4.78, 5) is 8.76. The van der Waals surface area contributed by atoms with Crippen molar-refractivity contribution in [3.8, 4) is 23.1 Å². The fourth-order valence-corrected chi connectivity index (χ4v) is 5.55. The number of pyridine rings is 1. The first kappa shape index (κ1) is 25.5. The minimum absolute atomic E-state index is 0. The molecule has 0 radical (unpaired) electrons. The minimum atomic E-state index is -0.209. The van der Waals surface area contributed by atoms with E-state index in [4.69, 9.17) is 9.39 Å². The van der Waals surface area contributed by atoms with Gasteiger partial charge in [-0.2, -0.15) is 12.7 Å². The number of hydrogen-bond acceptors (Lipinski definition) is 5. The molecule has 0 saturated carbocycles. The van der Waals surface area contributed by atoms with Gasteiger partial charge in [0.1, 0.15) is 5.82 Å². The van der Waals surface area contributed by atoms with E-state index in [1.807, 2.05) is 79.3 Å². The van der Waals surface area contributed by atoms with E-state index in [-0.39, 0.29) is 28.0 Å². The summed E-state index contributed by atoms with van der Waals surface area (Å²) in [6.07, 6.45) is 3.89. The smallest absolute Gasteiger partial charge is 0.430 e. The predicted molar refractivity (Wildman–Crippen MR) is 158 cm³/mol. The Morgan fingerprint density at radius 3 is 2.46 bits per heavy atom. The number of hydrogen-bond donors (Lipinski definition) is 0. The van der Waals surface area contributed by atoms with Crippen LogP contribution in [0.3, 0.4) is 0 Å². The first-order valence-corrected chi connectivity index (χ1v) is 13.1. The molecule has 41 heavy (non-hydrogen) atoms. The second-order valence-electron chi connectivity index (χ2n) is 9.88. The predicted octanol–water partition coefficient (Wildman–Crippen LogP) is 6.11. The fourth-order valence-electron chi connectivity index (χ4n) is 5.55. The molecule has 0 N–H and O–H groups in total. The summed E-state index contributed by atoms with van der Waals surface area (Å²) in [6, 6.07) is 39.3. The van der Waals surface area contributed by atoms with Crippen LogP contribution in [0.1, 0.15) is 0 Å². The third kappa shape index (κ3) is 4.28. The van der Waals surface area contributed by atoms with Crippen LogP contribution in [-0.4, -0.2) is 28.4 Å². The summed E-state index contributed by atoms with van der Waals surface area (Å²) in [5.41, 5.74) is 4.92. The average Bonchev–Trinajstić information content (AvgIpc) is 3.55. The number of aromatic nitrogens is 2. The molecule has 2 aromatic heterocycles. The maximum Gasteiger partial charge on any atom is 0.430 e. The molecule has 8 rings (SSSR count). The van der Waals surface area contributed by atoms with Crippen molar-refractivity contribution in [2.75, 3.05) is 11.9 Å². The zero-order valence-electron chi connectivity index (χ0n) is 22.0. The Balaban J connectivity index is 0.00000276. The normalized spacial score (nSPS) is 13.9. The molecule has 0 unspecified atom stereocenters. The molecule has 2 aliphatic heterocycles. The van der Waals surface area contributed by atoms with Crippen LogP contribution in [0.2, 0.25) is 0 Å². The van der Waals surface area contributed by atoms with E-state index in [9.17, 15) is 0 Å². The Bertz CT molecular complexity index is 1930. The van der Waals surface area contributed by atoms with Crippen LogP contribution in [0.15, 0.2) is 115 Å². The first-order chi connectivity index (χ1) is 19.7. The molecule has 4 heterocycles. The largest absolute Gasteiger partial charge is 0.612 e. The van der Waals surface area contributed by atoms with Gasteiger partial charge in [0.15, 0.2) is 0 Å². The van der Waals surface area contributed by atoms with Crippen molar-refractivity contribution in [3.05, 3.63) is 134 Å². The van der Waals surface area contributed by atoms with E-state index in [0.29, 0.717) is 11.5 Å². The molecule has 0 bridgehead atoms. The average molecular weight is 712 g/mol. The molecule has 202 valence electrons. The molecule has 6 aromatic rings. The van der Waals surface area contributed by atoms with Gasteiger partial charge in [0.05, 0.1) is 0 Å². The summed E-state index contributed by atoms with van der Waals surface area (Å²) in [6.45, 7) is 1.83. The summed E-state index contributed by atoms with van der Waals surface area (Å²) in [7, 11) is 2.01. The standard InChI is InChI=1S/C33H22BN4O2.Pt/c1-36-21-32-34(23-9-3-2-4-10-23)40-31-17-15-25(20-30(31)37(32)22-36)39-24-14-16-27-26-11-5-6-12-28(26)38(29(27)19-24)33-13-7-8-18-35-33;/h2-18,21-22H,1H3;/q-3;. The summed E-state index contributed by atoms with van der Waals surface area (Å²) in [5.74, 6) is 2.76. The van der Waals surface area contributed by atoms with E-state index in [1.54, 1.807) is 6.20 Å². The van der Waals surface area contributed by atoms with Gasteiger partial charge in [0.25, 0.3) is 0 Å². The summed E-state index contributed by atoms with van der Waals surface area (Å²) >= 11 is 0. The van der Waals surface area contributed by atoms with Crippen LogP contribution >= 0.6 is 0 Å². The van der Waals surface area contributed by atoms with Gasteiger partial charge in [0.2, 0.25) is 0 Å². The molecule has 4 aromatic carbocycles. The Morgan fingerprint density at radius 1 is 0.829 bits per heavy atom. The molecular weight excluding hydrogens is 690 g/mol. The van der Waals surface area contributed by atoms with Crippen LogP contribution in [0.5, 0.6) is 17.2 Å². The Morgan fingerprint density at radius 2 is 1.61 bits per heavy atom. The molecule has 6 nitrogen and oxygen atoms in total. The quantitative estimate of drug-likeness (QED) is 0.163. The van der Waals surface area contributed by atoms with E-state index in [1.165, 1.54) is 0 Å². The van der Waals surface area contributed by atoms with Gasteiger partial charge >= 0.3 is 6.92 Å². The molecule has 0 fully saturated rings. The van der Waals surface area contributed by atoms with Gasteiger partial charge in [-0.05, 0) is 42.3 Å². The van der Waals surface area contributed by atoms with Gasteiger partial charge < -0.3 is 23.8 Å². The minimum Gasteiger partial charge on any atom is -0.612 e. The molecule has 8 heteroatoms. The van der Waals surface area contributed by atoms with Crippen molar-refractivity contribution >= 4 is 39.9 Å². The third-order valence-corrected chi connectivity index (χ3v) is 7.28. The first-order valence-electron chi connectivity index (χ1n) is 13.1. The van der Waals surface area contributed by atoms with Crippen LogP contribution in [-0.2, 0) is 21.1 Å². The summed E-state index contributed by atoms with van der Waals surface area (Å²) in [5, 5.41) is 2.23. The molecule has 0 atom stereocenters. The number of fused-ring (bicyclic) bond motifs is 6. The van der Waals surface area contributed by atoms with Crippen LogP contribution in [0.25, 0.3) is 27.6 Å². The van der Waals surface area contributed by atoms with E-state index < -0.39 is 0 Å². The maximum atomic E-state index is 6.48. The van der Waals surface area contributed by atoms with Crippen LogP contribution in [0.4, 0.5) is 5.69 Å². The van der Waals surface area contributed by atoms with Crippen molar-refractivity contribution in [2.45, 2.75) is 0 Å². The SMILES string of the molecule is CN1C=C2B(c3ccccc3)Oc3ccc(Oc4[c-]c5c(cc4)c4ccccc4n5-c4ccccn4)[c-]c3N2[CH-]1.[Pt]. The molecule has 0 aliphatic carbocycles. The molecule has 0 amide bonds. The number of para-hydroxylation sites is 1. The Labute approximate surface area is 252 Å². The fraction of sp³-hybridized carbons (Fsp3) is 0.0303. The Kier molecular flexibility index (Phi) is 6.32. The van der Waals surface area contributed by atoms with E-state index in [0.717, 1.165) is 50.1 Å². The number of anilines is 1. The van der Waals surface area contributed by atoms with Crippen molar-refractivity contribution in [1.29, 1.82) is 0 Å². The van der Waals surface area contributed by atoms with Crippen LogP contribution < -0.4 is 19.8 Å². The second-order valence-corrected chi connectivity index (χ2v) is 9.88. The maximum absolute atomic E-state index is 6.48. The number of nitrogens with zero attached hydrogens (tertiary/aromatic N) is 4. The van der Waals surface area contributed by atoms with E-state index in [2.05, 4.69) is 69.2 Å². The van der Waals surface area contributed by atoms with Crippen molar-refractivity contribution in [1.82, 2.24) is 14.5 Å². The van der Waals surface area contributed by atoms with E-state index >= 15 is 0 Å². The number of benzene rings is 4. The zero-order valence-corrected chi connectivity index (χ0v) is 24.2. The number of rotatable bonds is 4. The molecule has 0 spiro atoms. The molecule has 2 aliphatic rings. The second kappa shape index (κ2) is 10.2. The van der Waals surface area contributed by atoms with Crippen molar-refractivity contribution < 1.29 is 30.5 Å². The molecule has 0 saturated heterocycles. The van der Waals surface area contributed by atoms with Crippen LogP contribution in [0, 0.1) is 18.8 Å². The van der Waals surface area contributed by atoms with Crippen molar-refractivity contribution in [3.63, 3.8) is 0 Å². The number of ether oxygens (including phenoxy) is 1. The van der Waals surface area contributed by atoms with Gasteiger partial charge in [-0.15, -0.1) is 35.7 Å². The molecular formula is C33H22BN4O2Pt-3. The van der Waals surface area contributed by atoms with Gasteiger partial charge in [-0.25, -0.2) is 4.98 Å². The summed E-state index contributed by atoms with van der Waals surface area (Å²) < 4.78 is 15.0. The van der Waals surface area contributed by atoms with Gasteiger partial charge in [-0.3, -0.25) is 0 Å². The van der Waals surface area contributed by atoms with Gasteiger partial charge in [-0.1, -0.05) is 65.8 Å². The Hall–Kier alpha value is -4.48. The monoisotopic (exact) mass is 712 g/mol. The van der Waals surface area contributed by atoms with Crippen molar-refractivity contribution in [2.24, 2.45) is 0 Å². The zero-order chi connectivity index (χ0) is 26.6. The topological polar surface area (TPSA) is 42.8 Å². The third-order valence-electron chi connectivity index (χ3n) is 7.28.